The third-order valence-electron chi connectivity index (χ3n) is 4.35. The van der Waals surface area contributed by atoms with E-state index in [1.54, 1.807) is 6.92 Å². The van der Waals surface area contributed by atoms with Crippen LogP contribution in [0.5, 0.6) is 5.75 Å². The highest BCUT2D eigenvalue weighted by Gasteiger charge is 2.40. The second kappa shape index (κ2) is 7.29. The van der Waals surface area contributed by atoms with Crippen LogP contribution >= 0.6 is 0 Å². The second-order valence-electron chi connectivity index (χ2n) is 6.27. The van der Waals surface area contributed by atoms with Gasteiger partial charge < -0.3 is 14.7 Å². The standard InChI is InChI=1S/C17H18F2N4O4/c1-9-14(15(24)22(11-3-4-11)10(2)16(25)26)20-21-23(9)12-5-7-13(8-6-12)27-17(18)19/h5-8,10-11,17H,3-4H2,1-2H3,(H,25,26). The topological polar surface area (TPSA) is 97.5 Å². The number of carbonyl (C=O) groups is 2. The summed E-state index contributed by atoms with van der Waals surface area (Å²) in [4.78, 5) is 25.5. The highest BCUT2D eigenvalue weighted by atomic mass is 19.3. The Labute approximate surface area is 153 Å². The molecule has 8 nitrogen and oxygen atoms in total. The van der Waals surface area contributed by atoms with Gasteiger partial charge in [-0.15, -0.1) is 5.10 Å². The molecule has 1 aromatic heterocycles. The van der Waals surface area contributed by atoms with Crippen molar-refractivity contribution in [3.05, 3.63) is 35.7 Å². The number of benzene rings is 1. The molecule has 27 heavy (non-hydrogen) atoms. The molecule has 10 heteroatoms. The van der Waals surface area contributed by atoms with Crippen molar-refractivity contribution in [3.8, 4) is 11.4 Å². The Balaban J connectivity index is 1.86. The Morgan fingerprint density at radius 3 is 2.44 bits per heavy atom. The van der Waals surface area contributed by atoms with E-state index in [2.05, 4.69) is 15.0 Å². The van der Waals surface area contributed by atoms with Gasteiger partial charge in [-0.2, -0.15) is 8.78 Å². The first-order valence-corrected chi connectivity index (χ1v) is 8.32. The third kappa shape index (κ3) is 3.88. The van der Waals surface area contributed by atoms with E-state index in [4.69, 9.17) is 0 Å². The van der Waals surface area contributed by atoms with Gasteiger partial charge >= 0.3 is 12.6 Å². The summed E-state index contributed by atoms with van der Waals surface area (Å²) in [7, 11) is 0. The van der Waals surface area contributed by atoms with Gasteiger partial charge in [0.05, 0.1) is 11.4 Å². The van der Waals surface area contributed by atoms with Gasteiger partial charge in [0.1, 0.15) is 11.8 Å². The van der Waals surface area contributed by atoms with Crippen LogP contribution in [0.3, 0.4) is 0 Å². The van der Waals surface area contributed by atoms with Crippen molar-refractivity contribution in [1.82, 2.24) is 19.9 Å². The molecule has 1 aromatic carbocycles. The van der Waals surface area contributed by atoms with Gasteiger partial charge in [-0.25, -0.2) is 9.48 Å². The number of carboxylic acids is 1. The van der Waals surface area contributed by atoms with Crippen LogP contribution in [0.15, 0.2) is 24.3 Å². The Bertz CT molecular complexity index is 849. The molecule has 0 aliphatic heterocycles. The number of rotatable bonds is 7. The summed E-state index contributed by atoms with van der Waals surface area (Å²) >= 11 is 0. The molecule has 1 fully saturated rings. The zero-order valence-electron chi connectivity index (χ0n) is 14.7. The predicted molar refractivity (Wildman–Crippen MR) is 89.0 cm³/mol. The van der Waals surface area contributed by atoms with Crippen LogP contribution in [0.4, 0.5) is 8.78 Å². The molecule has 1 saturated carbocycles. The van der Waals surface area contributed by atoms with Crippen LogP contribution in [0.1, 0.15) is 35.9 Å². The number of amides is 1. The Morgan fingerprint density at radius 2 is 1.93 bits per heavy atom. The van der Waals surface area contributed by atoms with Gasteiger partial charge in [-0.1, -0.05) is 5.21 Å². The lowest BCUT2D eigenvalue weighted by atomic mass is 10.2. The lowest BCUT2D eigenvalue weighted by molar-refractivity contribution is -0.141. The molecule has 0 saturated heterocycles. The molecule has 1 heterocycles. The number of nitrogens with zero attached hydrogens (tertiary/aromatic N) is 4. The third-order valence-corrected chi connectivity index (χ3v) is 4.35. The van der Waals surface area contributed by atoms with Gasteiger partial charge in [-0.3, -0.25) is 4.79 Å². The van der Waals surface area contributed by atoms with Crippen LogP contribution in [0, 0.1) is 6.92 Å². The number of aromatic nitrogens is 3. The summed E-state index contributed by atoms with van der Waals surface area (Å²) in [5.41, 5.74) is 0.985. The summed E-state index contributed by atoms with van der Waals surface area (Å²) in [6.07, 6.45) is 1.50. The van der Waals surface area contributed by atoms with Gasteiger partial charge in [-0.05, 0) is 51.0 Å². The minimum absolute atomic E-state index is 0.00184. The first-order valence-electron chi connectivity index (χ1n) is 8.32. The number of halogens is 2. The number of carboxylic acid groups (broad SMARTS) is 1. The van der Waals surface area contributed by atoms with Gasteiger partial charge in [0.25, 0.3) is 5.91 Å². The molecule has 3 rings (SSSR count). The van der Waals surface area contributed by atoms with Gasteiger partial charge in [0, 0.05) is 6.04 Å². The van der Waals surface area contributed by atoms with Crippen molar-refractivity contribution in [1.29, 1.82) is 0 Å². The minimum atomic E-state index is -2.92. The fourth-order valence-electron chi connectivity index (χ4n) is 2.79. The summed E-state index contributed by atoms with van der Waals surface area (Å²) < 4.78 is 30.2. The fourth-order valence-corrected chi connectivity index (χ4v) is 2.79. The first kappa shape index (κ1) is 18.7. The van der Waals surface area contributed by atoms with Crippen LogP contribution in [0.25, 0.3) is 5.69 Å². The highest BCUT2D eigenvalue weighted by molar-refractivity contribution is 5.96. The molecule has 1 N–H and O–H groups in total. The maximum Gasteiger partial charge on any atom is 0.387 e. The quantitative estimate of drug-likeness (QED) is 0.791. The average Bonchev–Trinajstić information content (AvgIpc) is 3.36. The van der Waals surface area contributed by atoms with E-state index in [9.17, 15) is 23.5 Å². The van der Waals surface area contributed by atoms with Crippen molar-refractivity contribution in [3.63, 3.8) is 0 Å². The Hall–Kier alpha value is -3.04. The lowest BCUT2D eigenvalue weighted by Crippen LogP contribution is -2.45. The molecule has 1 unspecified atom stereocenters. The number of aliphatic carboxylic acids is 1. The normalized spacial score (nSPS) is 14.9. The smallest absolute Gasteiger partial charge is 0.387 e. The summed E-state index contributed by atoms with van der Waals surface area (Å²) in [5.74, 6) is -1.58. The molecular weight excluding hydrogens is 362 g/mol. The summed E-state index contributed by atoms with van der Waals surface area (Å²) in [5, 5.41) is 17.1. The van der Waals surface area contributed by atoms with Crippen molar-refractivity contribution in [2.24, 2.45) is 0 Å². The number of hydrogen-bond acceptors (Lipinski definition) is 5. The average molecular weight is 380 g/mol. The first-order chi connectivity index (χ1) is 12.8. The predicted octanol–water partition coefficient (Wildman–Crippen LogP) is 2.25. The SMILES string of the molecule is Cc1c(C(=O)N(C2CC2)C(C)C(=O)O)nnn1-c1ccc(OC(F)F)cc1. The van der Waals surface area contributed by atoms with Crippen molar-refractivity contribution < 1.29 is 28.2 Å². The van der Waals surface area contributed by atoms with E-state index in [0.29, 0.717) is 11.4 Å². The molecule has 144 valence electrons. The maximum absolute atomic E-state index is 12.9. The largest absolute Gasteiger partial charge is 0.480 e. The summed E-state index contributed by atoms with van der Waals surface area (Å²) in [6, 6.07) is 4.64. The number of carbonyl (C=O) groups excluding carboxylic acids is 1. The summed E-state index contributed by atoms with van der Waals surface area (Å²) in [6.45, 7) is 0.172. The van der Waals surface area contributed by atoms with Crippen LogP contribution in [-0.2, 0) is 4.79 Å². The molecule has 0 radical (unpaired) electrons. The van der Waals surface area contributed by atoms with E-state index in [1.807, 2.05) is 0 Å². The molecule has 1 aliphatic carbocycles. The van der Waals surface area contributed by atoms with Crippen LogP contribution in [0.2, 0.25) is 0 Å². The minimum Gasteiger partial charge on any atom is -0.480 e. The number of alkyl halides is 2. The molecule has 1 atom stereocenters. The van der Waals surface area contributed by atoms with Crippen LogP contribution < -0.4 is 4.74 Å². The van der Waals surface area contributed by atoms with Crippen LogP contribution in [-0.4, -0.2) is 55.6 Å². The molecule has 2 aromatic rings. The molecule has 0 spiro atoms. The number of hydrogen-bond donors (Lipinski definition) is 1. The monoisotopic (exact) mass is 380 g/mol. The zero-order valence-corrected chi connectivity index (χ0v) is 14.7. The fraction of sp³-hybridized carbons (Fsp3) is 0.412. The van der Waals surface area contributed by atoms with E-state index in [0.717, 1.165) is 12.8 Å². The van der Waals surface area contributed by atoms with E-state index < -0.39 is 24.5 Å². The molecular formula is C17H18F2N4O4. The lowest BCUT2D eigenvalue weighted by Gasteiger charge is -2.25. The number of ether oxygens (including phenoxy) is 1. The molecule has 1 amide bonds. The second-order valence-corrected chi connectivity index (χ2v) is 6.27. The van der Waals surface area contributed by atoms with E-state index in [-0.39, 0.29) is 17.5 Å². The van der Waals surface area contributed by atoms with Crippen molar-refractivity contribution in [2.45, 2.75) is 45.4 Å². The highest BCUT2D eigenvalue weighted by Crippen LogP contribution is 2.30. The molecule has 0 bridgehead atoms. The van der Waals surface area contributed by atoms with E-state index >= 15 is 0 Å². The van der Waals surface area contributed by atoms with Gasteiger partial charge in [0.15, 0.2) is 5.69 Å². The zero-order chi connectivity index (χ0) is 19.7. The van der Waals surface area contributed by atoms with Crippen molar-refractivity contribution >= 4 is 11.9 Å². The van der Waals surface area contributed by atoms with Gasteiger partial charge in [0.2, 0.25) is 0 Å². The Morgan fingerprint density at radius 1 is 1.30 bits per heavy atom. The molecule has 1 aliphatic rings. The van der Waals surface area contributed by atoms with Crippen molar-refractivity contribution in [2.75, 3.05) is 0 Å². The Kier molecular flexibility index (Phi) is 5.06. The maximum atomic E-state index is 12.9. The van der Waals surface area contributed by atoms with E-state index in [1.165, 1.54) is 40.8 Å².